The SMILES string of the molecule is Cc1ncsc1-c1ccc([C@@H](C)NC(=O)[C@@H]2C[C@@H](O)CN2C(=O)[C@@H](NC(=O)CCCCCCCCCN2CCC(c3ccc(Cl)cc3)=C(CN3CCN(c4ccc(C(=O)NS(=O)(=O)c5ccc(N[C@H](CCN6CCOCC6)CSc6ccccc6)c(S(=O)(=O)C(F)(F)F)c5)cc4)CC3)C2)C(C)(C)C)cc1. The van der Waals surface area contributed by atoms with Crippen molar-refractivity contribution in [1.82, 2.24) is 39.9 Å². The van der Waals surface area contributed by atoms with Gasteiger partial charge >= 0.3 is 5.51 Å². The van der Waals surface area contributed by atoms with E-state index >= 15 is 0 Å². The fourth-order valence-corrected chi connectivity index (χ4v) is 17.9. The molecule has 5 N–H and O–H groups in total. The van der Waals surface area contributed by atoms with Crippen LogP contribution in [0.4, 0.5) is 24.5 Å². The average Bonchev–Trinajstić information content (AvgIpc) is 1.25. The van der Waals surface area contributed by atoms with Gasteiger partial charge in [-0.3, -0.25) is 33.9 Å². The van der Waals surface area contributed by atoms with Crippen molar-refractivity contribution in [2.24, 2.45) is 5.41 Å². The molecule has 4 amide bonds. The first-order valence-corrected chi connectivity index (χ1v) is 41.4. The van der Waals surface area contributed by atoms with Crippen molar-refractivity contribution in [3.8, 4) is 10.4 Å². The second kappa shape index (κ2) is 36.8. The Hall–Kier alpha value is -6.92. The highest BCUT2D eigenvalue weighted by Gasteiger charge is 2.49. The number of anilines is 2. The van der Waals surface area contributed by atoms with Gasteiger partial charge in [0.25, 0.3) is 25.8 Å². The molecule has 3 saturated heterocycles. The van der Waals surface area contributed by atoms with Crippen LogP contribution in [0.2, 0.25) is 5.02 Å². The Balaban J connectivity index is 0.660. The van der Waals surface area contributed by atoms with Gasteiger partial charge in [0.1, 0.15) is 17.0 Å². The number of alkyl halides is 3. The minimum absolute atomic E-state index is 0.000158. The maximum atomic E-state index is 14.4. The van der Waals surface area contributed by atoms with Gasteiger partial charge in [0, 0.05) is 118 Å². The zero-order valence-corrected chi connectivity index (χ0v) is 64.4. The summed E-state index contributed by atoms with van der Waals surface area (Å²) < 4.78 is 105. The number of carbonyl (C=O) groups is 4. The fraction of sp³-hybridized carbons (Fsp3) is 0.494. The molecule has 10 rings (SSSR count). The van der Waals surface area contributed by atoms with Crippen molar-refractivity contribution in [3.05, 3.63) is 160 Å². The van der Waals surface area contributed by atoms with Crippen LogP contribution >= 0.6 is 34.7 Å². The van der Waals surface area contributed by atoms with Crippen LogP contribution in [0.5, 0.6) is 0 Å². The van der Waals surface area contributed by atoms with Crippen LogP contribution < -0.4 is 25.6 Å². The molecule has 0 saturated carbocycles. The number of amides is 4. The first-order chi connectivity index (χ1) is 50.1. The number of thiazole rings is 1. The number of benzene rings is 5. The van der Waals surface area contributed by atoms with E-state index in [-0.39, 0.29) is 48.7 Å². The molecule has 0 radical (unpaired) electrons. The molecule has 4 aliphatic heterocycles. The number of ether oxygens (including phenoxy) is 1. The van der Waals surface area contributed by atoms with E-state index in [1.165, 1.54) is 39.9 Å². The fourth-order valence-electron chi connectivity index (χ4n) is 13.9. The molecule has 6 aromatic rings. The second-order valence-corrected chi connectivity index (χ2v) is 34.8. The summed E-state index contributed by atoms with van der Waals surface area (Å²) in [7, 11) is -11.0. The highest BCUT2D eigenvalue weighted by molar-refractivity contribution is 7.99. The van der Waals surface area contributed by atoms with Crippen molar-refractivity contribution in [3.63, 3.8) is 0 Å². The van der Waals surface area contributed by atoms with Crippen LogP contribution in [0, 0.1) is 12.3 Å². The summed E-state index contributed by atoms with van der Waals surface area (Å²) >= 11 is 9.36. The van der Waals surface area contributed by atoms with Gasteiger partial charge in [-0.25, -0.2) is 26.5 Å². The van der Waals surface area contributed by atoms with E-state index in [1.54, 1.807) is 23.5 Å². The number of hydrogen-bond acceptors (Lipinski definition) is 18. The summed E-state index contributed by atoms with van der Waals surface area (Å²) in [6.45, 7) is 18.8. The number of aliphatic hydroxyl groups is 1. The highest BCUT2D eigenvalue weighted by Crippen LogP contribution is 2.38. The summed E-state index contributed by atoms with van der Waals surface area (Å²) in [5.41, 5.74) is 2.50. The van der Waals surface area contributed by atoms with Gasteiger partial charge < -0.3 is 35.6 Å². The molecule has 3 fully saturated rings. The lowest BCUT2D eigenvalue weighted by Crippen LogP contribution is -2.57. The minimum Gasteiger partial charge on any atom is -0.391 e. The van der Waals surface area contributed by atoms with Crippen molar-refractivity contribution in [1.29, 1.82) is 0 Å². The van der Waals surface area contributed by atoms with Gasteiger partial charge in [-0.2, -0.15) is 13.2 Å². The van der Waals surface area contributed by atoms with E-state index in [9.17, 15) is 54.3 Å². The number of sulfone groups is 1. The zero-order valence-electron chi connectivity index (χ0n) is 60.3. The number of carbonyl (C=O) groups excluding carboxylic acids is 4. The number of aliphatic hydroxyl groups excluding tert-OH is 1. The highest BCUT2D eigenvalue weighted by atomic mass is 35.5. The van der Waals surface area contributed by atoms with Crippen LogP contribution in [0.1, 0.15) is 132 Å². The number of rotatable bonds is 32. The number of piperazine rings is 1. The molecule has 28 heteroatoms. The molecule has 5 aromatic carbocycles. The van der Waals surface area contributed by atoms with Gasteiger partial charge in [-0.05, 0) is 146 Å². The number of halogens is 4. The van der Waals surface area contributed by atoms with Crippen LogP contribution in [-0.4, -0.2) is 197 Å². The van der Waals surface area contributed by atoms with Crippen LogP contribution in [-0.2, 0) is 39.0 Å². The lowest BCUT2D eigenvalue weighted by molar-refractivity contribution is -0.144. The van der Waals surface area contributed by atoms with Crippen molar-refractivity contribution in [2.75, 3.05) is 108 Å². The van der Waals surface area contributed by atoms with Gasteiger partial charge in [-0.1, -0.05) is 119 Å². The first-order valence-electron chi connectivity index (χ1n) is 36.2. The molecule has 0 spiro atoms. The number of β-amino-alcohol motifs (C(OH)–C–C–N with tert-alkyl or cyclic N) is 1. The number of hydrogen-bond donors (Lipinski definition) is 5. The number of aromatic nitrogens is 1. The Bertz CT molecular complexity index is 4180. The Labute approximate surface area is 629 Å². The molecular weight excluding hydrogens is 1450 g/mol. The number of thioether (sulfide) groups is 1. The number of nitrogens with one attached hydrogen (secondary N) is 4. The van der Waals surface area contributed by atoms with Crippen molar-refractivity contribution in [2.45, 2.75) is 156 Å². The number of sulfonamides is 1. The third-order valence-corrected chi connectivity index (χ3v) is 25.2. The van der Waals surface area contributed by atoms with Crippen LogP contribution in [0.15, 0.2) is 147 Å². The van der Waals surface area contributed by atoms with E-state index in [1.807, 2.05) is 112 Å². The van der Waals surface area contributed by atoms with E-state index < -0.39 is 76.4 Å². The summed E-state index contributed by atoms with van der Waals surface area (Å²) in [5.74, 6) is -1.66. The zero-order chi connectivity index (χ0) is 75.1. The summed E-state index contributed by atoms with van der Waals surface area (Å²) in [6.07, 6.45) is 7.62. The Morgan fingerprint density at radius 1 is 0.762 bits per heavy atom. The Morgan fingerprint density at radius 3 is 2.09 bits per heavy atom. The van der Waals surface area contributed by atoms with E-state index in [2.05, 4.69) is 52.7 Å². The molecule has 5 heterocycles. The largest absolute Gasteiger partial charge is 0.501 e. The van der Waals surface area contributed by atoms with Gasteiger partial charge in [0.15, 0.2) is 0 Å². The normalized spacial score (nSPS) is 18.4. The second-order valence-electron chi connectivity index (χ2n) is 28.8. The van der Waals surface area contributed by atoms with E-state index in [4.69, 9.17) is 16.3 Å². The third kappa shape index (κ3) is 22.1. The number of aryl methyl sites for hydroxylation is 1. The van der Waals surface area contributed by atoms with Crippen LogP contribution in [0.3, 0.4) is 0 Å². The van der Waals surface area contributed by atoms with E-state index in [0.717, 1.165) is 134 Å². The lowest BCUT2D eigenvalue weighted by atomic mass is 9.85. The summed E-state index contributed by atoms with van der Waals surface area (Å²) in [4.78, 5) is 70.1. The van der Waals surface area contributed by atoms with Crippen molar-refractivity contribution < 1.29 is 59.0 Å². The monoisotopic (exact) mass is 1540 g/mol. The molecule has 5 atom stereocenters. The molecule has 20 nitrogen and oxygen atoms in total. The molecule has 105 heavy (non-hydrogen) atoms. The summed E-state index contributed by atoms with van der Waals surface area (Å²) in [5, 5.41) is 20.5. The molecule has 4 aliphatic rings. The predicted octanol–water partition coefficient (Wildman–Crippen LogP) is 12.3. The quantitative estimate of drug-likeness (QED) is 0.0195. The molecule has 0 aliphatic carbocycles. The first kappa shape index (κ1) is 80.6. The average molecular weight is 1540 g/mol. The Kier molecular flexibility index (Phi) is 28.2. The number of nitrogens with zero attached hydrogens (tertiary/aromatic N) is 6. The lowest BCUT2D eigenvalue weighted by Gasteiger charge is -2.39. The maximum Gasteiger partial charge on any atom is 0.501 e. The van der Waals surface area contributed by atoms with E-state index in [0.29, 0.717) is 75.6 Å². The predicted molar refractivity (Wildman–Crippen MR) is 409 cm³/mol. The Morgan fingerprint density at radius 2 is 1.43 bits per heavy atom. The number of unbranched alkanes of at least 4 members (excludes halogenated alkanes) is 6. The van der Waals surface area contributed by atoms with Gasteiger partial charge in [0.2, 0.25) is 17.7 Å². The smallest absolute Gasteiger partial charge is 0.391 e. The van der Waals surface area contributed by atoms with Crippen molar-refractivity contribution >= 4 is 95.1 Å². The minimum atomic E-state index is -6.10. The molecule has 0 bridgehead atoms. The van der Waals surface area contributed by atoms with Gasteiger partial charge in [-0.15, -0.1) is 23.1 Å². The van der Waals surface area contributed by atoms with Gasteiger partial charge in [0.05, 0.1) is 52.0 Å². The topological polar surface area (TPSA) is 243 Å². The van der Waals surface area contributed by atoms with Crippen LogP contribution in [0.25, 0.3) is 16.0 Å². The standard InChI is InChI=1S/C77H98ClF3N10O10S4/c1-53(55-19-21-57(22-20-55)71-54(2)82-52-103-71)83-74(95)68-46-63(92)50-91(68)75(96)72(76(3,4)5)85-70(93)18-14-9-7-6-8-10-15-35-88-37-34-66(56-23-27-60(78)28-24-56)59(48-88)49-89-38-40-90(41-39-89)62-29-25-58(26-30-62)73(94)86-105(99,100)65-31-32-67(69(47-65)104(97,98)77(79,80)81)84-61(33-36-87-42-44-101-45-43-87)51-102-64-16-12-11-13-17-64/h11-13,16-17,19-32,47,52-53,61,63,68,72,84,92H,6-10,14-15,18,33-46,48-51H2,1-5H3,(H,83,95)(H,85,93)(H,86,94)/t53-,61-,63-,68+,72-/m1/s1. The third-order valence-electron chi connectivity index (χ3n) is 20.0. The molecule has 0 unspecified atom stereocenters. The number of morpholine rings is 1. The molecule has 568 valence electrons. The molecule has 1 aromatic heterocycles. The number of likely N-dealkylation sites (tertiary alicyclic amines) is 1. The molecular formula is C77H98ClF3N10O10S4. The summed E-state index contributed by atoms with van der Waals surface area (Å²) in [6, 6.07) is 31.5. The maximum absolute atomic E-state index is 14.4.